The van der Waals surface area contributed by atoms with Crippen LogP contribution in [0.25, 0.3) is 11.1 Å². The van der Waals surface area contributed by atoms with Gasteiger partial charge in [-0.25, -0.2) is 0 Å². The van der Waals surface area contributed by atoms with E-state index >= 15 is 0 Å². The highest BCUT2D eigenvalue weighted by molar-refractivity contribution is 7.10. The van der Waals surface area contributed by atoms with Gasteiger partial charge in [-0.1, -0.05) is 6.07 Å². The average Bonchev–Trinajstić information content (AvgIpc) is 2.75. The second-order valence-electron chi connectivity index (χ2n) is 3.52. The predicted molar refractivity (Wildman–Crippen MR) is 66.4 cm³/mol. The molecule has 0 saturated carbocycles. The highest BCUT2D eigenvalue weighted by Gasteiger charge is 2.05. The van der Waals surface area contributed by atoms with Crippen LogP contribution in [0.4, 0.5) is 0 Å². The molecule has 1 heterocycles. The molecule has 1 aromatic heterocycles. The van der Waals surface area contributed by atoms with Crippen LogP contribution in [-0.2, 0) is 0 Å². The molecule has 0 aliphatic rings. The maximum atomic E-state index is 10.9. The van der Waals surface area contributed by atoms with Crippen LogP contribution in [0.2, 0.25) is 0 Å². The lowest BCUT2D eigenvalue weighted by molar-refractivity contribution is 0.112. The third-order valence-corrected chi connectivity index (χ3v) is 3.28. The van der Waals surface area contributed by atoms with Gasteiger partial charge in [-0.15, -0.1) is 11.3 Å². The Morgan fingerprint density at radius 2 is 2.06 bits per heavy atom. The van der Waals surface area contributed by atoms with Gasteiger partial charge in [0.2, 0.25) is 0 Å². The van der Waals surface area contributed by atoms with E-state index in [9.17, 15) is 4.79 Å². The molecular formula is C13H12O2S. The summed E-state index contributed by atoms with van der Waals surface area (Å²) < 4.78 is 5.10. The van der Waals surface area contributed by atoms with Crippen LogP contribution >= 0.6 is 11.3 Å². The van der Waals surface area contributed by atoms with Crippen molar-refractivity contribution in [2.24, 2.45) is 0 Å². The molecule has 0 fully saturated rings. The maximum Gasteiger partial charge on any atom is 0.153 e. The number of methoxy groups -OCH3 is 1. The Balaban J connectivity index is 2.47. The van der Waals surface area contributed by atoms with Crippen molar-refractivity contribution in [3.8, 4) is 16.9 Å². The molecule has 0 saturated heterocycles. The van der Waals surface area contributed by atoms with E-state index < -0.39 is 0 Å². The molecule has 3 heteroatoms. The maximum absolute atomic E-state index is 10.9. The third kappa shape index (κ3) is 1.99. The quantitative estimate of drug-likeness (QED) is 0.756. The molecule has 0 aliphatic heterocycles. The van der Waals surface area contributed by atoms with Crippen LogP contribution in [0.15, 0.2) is 29.6 Å². The summed E-state index contributed by atoms with van der Waals surface area (Å²) in [5.41, 5.74) is 2.78. The molecule has 0 radical (unpaired) electrons. The van der Waals surface area contributed by atoms with Crippen LogP contribution < -0.4 is 4.74 Å². The summed E-state index contributed by atoms with van der Waals surface area (Å²) in [6.45, 7) is 2.07. The fourth-order valence-electron chi connectivity index (χ4n) is 1.60. The molecule has 0 N–H and O–H groups in total. The summed E-state index contributed by atoms with van der Waals surface area (Å²) in [4.78, 5) is 12.2. The van der Waals surface area contributed by atoms with Gasteiger partial charge < -0.3 is 4.74 Å². The lowest BCUT2D eigenvalue weighted by atomic mass is 10.1. The summed E-state index contributed by atoms with van der Waals surface area (Å²) in [5.74, 6) is 0.616. The van der Waals surface area contributed by atoms with Gasteiger partial charge in [0.1, 0.15) is 5.75 Å². The lowest BCUT2D eigenvalue weighted by Crippen LogP contribution is -1.90. The Hall–Kier alpha value is -1.61. The first-order chi connectivity index (χ1) is 7.74. The topological polar surface area (TPSA) is 26.3 Å². The van der Waals surface area contributed by atoms with Gasteiger partial charge in [0.15, 0.2) is 6.29 Å². The number of hydrogen-bond donors (Lipinski definition) is 0. The lowest BCUT2D eigenvalue weighted by Gasteiger charge is -2.05. The zero-order valence-corrected chi connectivity index (χ0v) is 10.0. The van der Waals surface area contributed by atoms with Crippen molar-refractivity contribution in [2.75, 3.05) is 7.11 Å². The summed E-state index contributed by atoms with van der Waals surface area (Å²) >= 11 is 1.70. The van der Waals surface area contributed by atoms with Gasteiger partial charge in [-0.2, -0.15) is 0 Å². The van der Waals surface area contributed by atoms with Crippen LogP contribution in [0.5, 0.6) is 5.75 Å². The van der Waals surface area contributed by atoms with Gasteiger partial charge in [0.25, 0.3) is 0 Å². The van der Waals surface area contributed by atoms with Crippen LogP contribution in [-0.4, -0.2) is 13.4 Å². The van der Waals surface area contributed by atoms with Crippen molar-refractivity contribution in [3.63, 3.8) is 0 Å². The van der Waals surface area contributed by atoms with Gasteiger partial charge in [0.05, 0.1) is 12.7 Å². The summed E-state index contributed by atoms with van der Waals surface area (Å²) in [6, 6.07) is 7.76. The summed E-state index contributed by atoms with van der Waals surface area (Å²) in [7, 11) is 1.57. The van der Waals surface area contributed by atoms with Gasteiger partial charge >= 0.3 is 0 Å². The largest absolute Gasteiger partial charge is 0.496 e. The molecule has 0 bridgehead atoms. The highest BCUT2D eigenvalue weighted by Crippen LogP contribution is 2.28. The van der Waals surface area contributed by atoms with Crippen molar-refractivity contribution >= 4 is 17.6 Å². The Morgan fingerprint density at radius 1 is 1.25 bits per heavy atom. The molecule has 0 aliphatic carbocycles. The van der Waals surface area contributed by atoms with Gasteiger partial charge in [0, 0.05) is 4.88 Å². The molecule has 16 heavy (non-hydrogen) atoms. The summed E-state index contributed by atoms with van der Waals surface area (Å²) in [5, 5.41) is 2.09. The molecule has 2 rings (SSSR count). The van der Waals surface area contributed by atoms with E-state index in [4.69, 9.17) is 4.74 Å². The predicted octanol–water partition coefficient (Wildman–Crippen LogP) is 3.54. The van der Waals surface area contributed by atoms with E-state index in [2.05, 4.69) is 18.4 Å². The van der Waals surface area contributed by atoms with Crippen molar-refractivity contribution in [1.29, 1.82) is 0 Å². The SMILES string of the molecule is COc1ccc(-c2csc(C)c2)cc1C=O. The minimum absolute atomic E-state index is 0.587. The molecule has 2 aromatic rings. The van der Waals surface area contributed by atoms with E-state index in [0.717, 1.165) is 17.4 Å². The normalized spacial score (nSPS) is 10.1. The molecule has 2 nitrogen and oxygen atoms in total. The van der Waals surface area contributed by atoms with Crippen LogP contribution in [0.3, 0.4) is 0 Å². The number of ether oxygens (including phenoxy) is 1. The molecule has 82 valence electrons. The Morgan fingerprint density at radius 3 is 2.62 bits per heavy atom. The number of hydrogen-bond acceptors (Lipinski definition) is 3. The van der Waals surface area contributed by atoms with Crippen molar-refractivity contribution in [1.82, 2.24) is 0 Å². The Bertz CT molecular complexity index is 514. The van der Waals surface area contributed by atoms with E-state index in [0.29, 0.717) is 11.3 Å². The summed E-state index contributed by atoms with van der Waals surface area (Å²) in [6.07, 6.45) is 0.821. The monoisotopic (exact) mass is 232 g/mol. The number of aldehydes is 1. The number of carbonyl (C=O) groups excluding carboxylic acids is 1. The van der Waals surface area contributed by atoms with E-state index in [1.807, 2.05) is 18.2 Å². The first-order valence-corrected chi connectivity index (χ1v) is 5.81. The minimum atomic E-state index is 0.587. The number of thiophene rings is 1. The second-order valence-corrected chi connectivity index (χ2v) is 4.64. The van der Waals surface area contributed by atoms with Crippen molar-refractivity contribution in [2.45, 2.75) is 6.92 Å². The zero-order chi connectivity index (χ0) is 11.5. The molecule has 0 atom stereocenters. The molecule has 0 amide bonds. The zero-order valence-electron chi connectivity index (χ0n) is 9.19. The number of aryl methyl sites for hydroxylation is 1. The molecular weight excluding hydrogens is 220 g/mol. The second kappa shape index (κ2) is 4.49. The highest BCUT2D eigenvalue weighted by atomic mass is 32.1. The first-order valence-electron chi connectivity index (χ1n) is 4.93. The van der Waals surface area contributed by atoms with E-state index in [-0.39, 0.29) is 0 Å². The molecule has 0 unspecified atom stereocenters. The fraction of sp³-hybridized carbons (Fsp3) is 0.154. The third-order valence-electron chi connectivity index (χ3n) is 2.42. The van der Waals surface area contributed by atoms with Crippen molar-refractivity contribution in [3.05, 3.63) is 40.1 Å². The van der Waals surface area contributed by atoms with Gasteiger partial charge in [-0.3, -0.25) is 4.79 Å². The Kier molecular flexibility index (Phi) is 3.06. The first kappa shape index (κ1) is 10.9. The number of carbonyl (C=O) groups is 1. The van der Waals surface area contributed by atoms with Crippen LogP contribution in [0.1, 0.15) is 15.2 Å². The smallest absolute Gasteiger partial charge is 0.153 e. The standard InChI is InChI=1S/C13H12O2S/c1-9-5-12(8-16-9)10-3-4-13(15-2)11(6-10)7-14/h3-8H,1-2H3. The minimum Gasteiger partial charge on any atom is -0.496 e. The number of rotatable bonds is 3. The number of benzene rings is 1. The van der Waals surface area contributed by atoms with Crippen LogP contribution in [0, 0.1) is 6.92 Å². The van der Waals surface area contributed by atoms with Crippen molar-refractivity contribution < 1.29 is 9.53 Å². The van der Waals surface area contributed by atoms with E-state index in [1.54, 1.807) is 18.4 Å². The van der Waals surface area contributed by atoms with Gasteiger partial charge in [-0.05, 0) is 41.6 Å². The fourth-order valence-corrected chi connectivity index (χ4v) is 2.31. The molecule has 1 aromatic carbocycles. The Labute approximate surface area is 98.5 Å². The molecule has 0 spiro atoms. The van der Waals surface area contributed by atoms with E-state index in [1.165, 1.54) is 4.88 Å². The average molecular weight is 232 g/mol.